The molecule has 0 aliphatic carbocycles. The Balaban J connectivity index is 1.35. The molecule has 4 heterocycles. The summed E-state index contributed by atoms with van der Waals surface area (Å²) in [6.07, 6.45) is 1.72. The van der Waals surface area contributed by atoms with Crippen LogP contribution in [0.5, 0.6) is 0 Å². The highest BCUT2D eigenvalue weighted by molar-refractivity contribution is 5.93. The van der Waals surface area contributed by atoms with Gasteiger partial charge in [-0.1, -0.05) is 0 Å². The van der Waals surface area contributed by atoms with Gasteiger partial charge in [-0.15, -0.1) is 0 Å². The van der Waals surface area contributed by atoms with Crippen molar-refractivity contribution in [3.63, 3.8) is 0 Å². The van der Waals surface area contributed by atoms with Gasteiger partial charge in [-0.2, -0.15) is 5.10 Å². The maximum absolute atomic E-state index is 12.9. The molecule has 2 aliphatic heterocycles. The molecule has 2 aromatic rings. The van der Waals surface area contributed by atoms with Gasteiger partial charge >= 0.3 is 0 Å². The predicted octanol–water partition coefficient (Wildman–Crippen LogP) is 0.303. The number of hydrogen-bond donors (Lipinski definition) is 1. The number of piperazine rings is 1. The van der Waals surface area contributed by atoms with Crippen molar-refractivity contribution in [2.75, 3.05) is 57.4 Å². The van der Waals surface area contributed by atoms with Gasteiger partial charge in [0.1, 0.15) is 11.5 Å². The van der Waals surface area contributed by atoms with Crippen LogP contribution in [0, 0.1) is 6.92 Å². The Labute approximate surface area is 158 Å². The van der Waals surface area contributed by atoms with Crippen LogP contribution in [-0.2, 0) is 11.3 Å². The highest BCUT2D eigenvalue weighted by atomic mass is 16.5. The minimum atomic E-state index is -0.00139. The Bertz CT molecular complexity index is 780. The summed E-state index contributed by atoms with van der Waals surface area (Å²) in [5.41, 5.74) is 1.55. The topological polar surface area (TPSA) is 90.5 Å². The summed E-state index contributed by atoms with van der Waals surface area (Å²) in [6, 6.07) is 3.86. The van der Waals surface area contributed by atoms with Crippen LogP contribution in [0.1, 0.15) is 22.1 Å². The lowest BCUT2D eigenvalue weighted by atomic mass is 10.2. The minimum absolute atomic E-state index is 0.00139. The highest BCUT2D eigenvalue weighted by Crippen LogP contribution is 2.18. The molecule has 4 rings (SSSR count). The zero-order chi connectivity index (χ0) is 18.6. The number of nitrogens with zero attached hydrogens (tertiary/aromatic N) is 6. The number of amides is 1. The number of H-pyrrole nitrogens is 1. The monoisotopic (exact) mass is 371 g/mol. The van der Waals surface area contributed by atoms with Crippen LogP contribution in [0.2, 0.25) is 0 Å². The first-order valence-corrected chi connectivity index (χ1v) is 9.37. The molecule has 144 valence electrons. The quantitative estimate of drug-likeness (QED) is 0.827. The maximum atomic E-state index is 12.9. The average molecular weight is 371 g/mol. The number of rotatable bonds is 4. The molecule has 9 nitrogen and oxygen atoms in total. The van der Waals surface area contributed by atoms with Crippen LogP contribution in [0.25, 0.3) is 0 Å². The SMILES string of the molecule is Cc1nc(CN2CCN(C(=O)c3cc(N4CCOCC4)ccn3)CC2)n[nH]1. The van der Waals surface area contributed by atoms with Crippen molar-refractivity contribution < 1.29 is 9.53 Å². The number of pyridine rings is 1. The number of aryl methyl sites for hydroxylation is 1. The third kappa shape index (κ3) is 4.25. The van der Waals surface area contributed by atoms with Crippen LogP contribution >= 0.6 is 0 Å². The molecule has 2 fully saturated rings. The molecular weight excluding hydrogens is 346 g/mol. The van der Waals surface area contributed by atoms with E-state index >= 15 is 0 Å². The van der Waals surface area contributed by atoms with Crippen molar-refractivity contribution in [1.29, 1.82) is 0 Å². The van der Waals surface area contributed by atoms with E-state index in [0.717, 1.165) is 56.7 Å². The summed E-state index contributed by atoms with van der Waals surface area (Å²) in [7, 11) is 0. The van der Waals surface area contributed by atoms with Crippen molar-refractivity contribution in [2.24, 2.45) is 0 Å². The second-order valence-electron chi connectivity index (χ2n) is 6.90. The van der Waals surface area contributed by atoms with Gasteiger partial charge in [-0.25, -0.2) is 4.98 Å². The van der Waals surface area contributed by atoms with E-state index in [9.17, 15) is 4.79 Å². The van der Waals surface area contributed by atoms with Crippen molar-refractivity contribution in [3.8, 4) is 0 Å². The summed E-state index contributed by atoms with van der Waals surface area (Å²) in [4.78, 5) is 27.9. The highest BCUT2D eigenvalue weighted by Gasteiger charge is 2.24. The number of ether oxygens (including phenoxy) is 1. The zero-order valence-electron chi connectivity index (χ0n) is 15.6. The first-order chi connectivity index (χ1) is 13.2. The molecule has 0 radical (unpaired) electrons. The third-order valence-corrected chi connectivity index (χ3v) is 5.01. The summed E-state index contributed by atoms with van der Waals surface area (Å²) in [5.74, 6) is 1.62. The third-order valence-electron chi connectivity index (χ3n) is 5.01. The summed E-state index contributed by atoms with van der Waals surface area (Å²) in [5, 5.41) is 7.05. The maximum Gasteiger partial charge on any atom is 0.272 e. The van der Waals surface area contributed by atoms with Crippen molar-refractivity contribution in [1.82, 2.24) is 30.0 Å². The van der Waals surface area contributed by atoms with E-state index in [2.05, 4.69) is 30.0 Å². The average Bonchev–Trinajstić information content (AvgIpc) is 3.13. The predicted molar refractivity (Wildman–Crippen MR) is 99.6 cm³/mol. The van der Waals surface area contributed by atoms with E-state index in [0.29, 0.717) is 25.3 Å². The Morgan fingerprint density at radius 2 is 1.96 bits per heavy atom. The second-order valence-corrected chi connectivity index (χ2v) is 6.90. The Morgan fingerprint density at radius 3 is 2.67 bits per heavy atom. The van der Waals surface area contributed by atoms with E-state index in [4.69, 9.17) is 4.74 Å². The first kappa shape index (κ1) is 17.9. The van der Waals surface area contributed by atoms with Gasteiger partial charge in [0.2, 0.25) is 0 Å². The number of morpholine rings is 1. The van der Waals surface area contributed by atoms with Crippen LogP contribution in [-0.4, -0.2) is 88.4 Å². The van der Waals surface area contributed by atoms with Crippen LogP contribution < -0.4 is 4.90 Å². The number of hydrogen-bond acceptors (Lipinski definition) is 7. The number of anilines is 1. The van der Waals surface area contributed by atoms with E-state index in [1.54, 1.807) is 6.20 Å². The summed E-state index contributed by atoms with van der Waals surface area (Å²) < 4.78 is 5.40. The fourth-order valence-corrected chi connectivity index (χ4v) is 3.49. The summed E-state index contributed by atoms with van der Waals surface area (Å²) >= 11 is 0. The van der Waals surface area contributed by atoms with Gasteiger partial charge in [-0.3, -0.25) is 19.8 Å². The summed E-state index contributed by atoms with van der Waals surface area (Å²) in [6.45, 7) is 8.72. The van der Waals surface area contributed by atoms with Gasteiger partial charge in [0.15, 0.2) is 5.82 Å². The van der Waals surface area contributed by atoms with Crippen LogP contribution in [0.3, 0.4) is 0 Å². The number of aromatic amines is 1. The fourth-order valence-electron chi connectivity index (χ4n) is 3.49. The second kappa shape index (κ2) is 8.01. The number of carbonyl (C=O) groups is 1. The van der Waals surface area contributed by atoms with Crippen molar-refractivity contribution in [3.05, 3.63) is 35.7 Å². The largest absolute Gasteiger partial charge is 0.378 e. The lowest BCUT2D eigenvalue weighted by molar-refractivity contribution is 0.0620. The molecular formula is C18H25N7O2. The molecule has 1 N–H and O–H groups in total. The molecule has 27 heavy (non-hydrogen) atoms. The van der Waals surface area contributed by atoms with Gasteiger partial charge < -0.3 is 14.5 Å². The van der Waals surface area contributed by atoms with Crippen molar-refractivity contribution in [2.45, 2.75) is 13.5 Å². The van der Waals surface area contributed by atoms with E-state index in [-0.39, 0.29) is 5.91 Å². The van der Waals surface area contributed by atoms with Crippen LogP contribution in [0.4, 0.5) is 5.69 Å². The van der Waals surface area contributed by atoms with E-state index < -0.39 is 0 Å². The molecule has 0 spiro atoms. The molecule has 2 saturated heterocycles. The van der Waals surface area contributed by atoms with Gasteiger partial charge in [-0.05, 0) is 19.1 Å². The van der Waals surface area contributed by atoms with Gasteiger partial charge in [0.25, 0.3) is 5.91 Å². The first-order valence-electron chi connectivity index (χ1n) is 9.37. The van der Waals surface area contributed by atoms with E-state index in [1.807, 2.05) is 24.0 Å². The normalized spacial score (nSPS) is 18.7. The zero-order valence-corrected chi connectivity index (χ0v) is 15.6. The number of aromatic nitrogens is 4. The Morgan fingerprint density at radius 1 is 1.19 bits per heavy atom. The molecule has 0 atom stereocenters. The number of nitrogens with one attached hydrogen (secondary N) is 1. The molecule has 2 aliphatic rings. The molecule has 1 amide bonds. The lowest BCUT2D eigenvalue weighted by Crippen LogP contribution is -2.48. The molecule has 0 bridgehead atoms. The fraction of sp³-hybridized carbons (Fsp3) is 0.556. The smallest absolute Gasteiger partial charge is 0.272 e. The van der Waals surface area contributed by atoms with Crippen LogP contribution in [0.15, 0.2) is 18.3 Å². The standard InChI is InChI=1S/C18H25N7O2/c1-14-20-17(22-21-14)13-23-4-6-25(7-5-23)18(26)16-12-15(2-3-19-16)24-8-10-27-11-9-24/h2-3,12H,4-11,13H2,1H3,(H,20,21,22). The van der Waals surface area contributed by atoms with Gasteiger partial charge in [0.05, 0.1) is 19.8 Å². The minimum Gasteiger partial charge on any atom is -0.378 e. The number of carbonyl (C=O) groups excluding carboxylic acids is 1. The molecule has 0 unspecified atom stereocenters. The Hall–Kier alpha value is -2.52. The Kier molecular flexibility index (Phi) is 5.30. The van der Waals surface area contributed by atoms with Crippen molar-refractivity contribution >= 4 is 11.6 Å². The molecule has 0 saturated carbocycles. The van der Waals surface area contributed by atoms with Gasteiger partial charge in [0, 0.05) is 51.2 Å². The molecule has 9 heteroatoms. The van der Waals surface area contributed by atoms with E-state index in [1.165, 1.54) is 0 Å². The molecule has 2 aromatic heterocycles. The molecule has 0 aromatic carbocycles. The lowest BCUT2D eigenvalue weighted by Gasteiger charge is -2.34.